The Balaban J connectivity index is 0.00000220. The van der Waals surface area contributed by atoms with E-state index in [4.69, 9.17) is 4.74 Å². The fraction of sp³-hybridized carbons (Fsp3) is 0.286. The zero-order valence-corrected chi connectivity index (χ0v) is 16.1. The van der Waals surface area contributed by atoms with Gasteiger partial charge in [-0.05, 0) is 30.4 Å². The van der Waals surface area contributed by atoms with Gasteiger partial charge in [0.25, 0.3) is 0 Å². The molecular formula is C14H14BrNaO4S. The third-order valence-electron chi connectivity index (χ3n) is 2.87. The number of unbranched alkanes of at least 4 members (excludes halogenated alkanes) is 1. The van der Waals surface area contributed by atoms with E-state index in [2.05, 4.69) is 15.9 Å². The molecule has 0 amide bonds. The molecule has 0 radical (unpaired) electrons. The molecular weight excluding hydrogens is 367 g/mol. The molecule has 21 heavy (non-hydrogen) atoms. The first kappa shape index (κ1) is 18.9. The van der Waals surface area contributed by atoms with Crippen molar-refractivity contribution in [3.05, 3.63) is 36.4 Å². The van der Waals surface area contributed by atoms with Crippen molar-refractivity contribution in [3.63, 3.8) is 0 Å². The Labute approximate surface area is 155 Å². The summed E-state index contributed by atoms with van der Waals surface area (Å²) in [6.45, 7) is 0.484. The Morgan fingerprint density at radius 3 is 2.52 bits per heavy atom. The summed E-state index contributed by atoms with van der Waals surface area (Å²) < 4.78 is 39.2. The second-order valence-corrected chi connectivity index (χ2v) is 6.51. The molecule has 108 valence electrons. The minimum atomic E-state index is -4.49. The Kier molecular flexibility index (Phi) is 7.67. The van der Waals surface area contributed by atoms with Crippen molar-refractivity contribution in [1.82, 2.24) is 0 Å². The number of hydrogen-bond donors (Lipinski definition) is 0. The summed E-state index contributed by atoms with van der Waals surface area (Å²) in [7, 11) is -4.49. The van der Waals surface area contributed by atoms with Gasteiger partial charge in [-0.15, -0.1) is 0 Å². The van der Waals surface area contributed by atoms with Gasteiger partial charge in [0.2, 0.25) is 0 Å². The molecule has 2 rings (SSSR count). The van der Waals surface area contributed by atoms with Crippen LogP contribution in [0.15, 0.2) is 41.3 Å². The standard InChI is InChI=1S/C14H15BrO4S.Na/c15-7-3-4-8-19-14-10-12(20(16,17)18)9-11-5-1-2-6-13(11)14;/h1-2,5-6,9-10H,3-4,7-8H2,(H,16,17,18);/q;+1/p-1. The molecule has 0 saturated heterocycles. The van der Waals surface area contributed by atoms with Crippen LogP contribution in [0.2, 0.25) is 0 Å². The van der Waals surface area contributed by atoms with Crippen LogP contribution >= 0.6 is 15.9 Å². The maximum Gasteiger partial charge on any atom is 1.00 e. The Hall–Kier alpha value is -0.110. The molecule has 4 nitrogen and oxygen atoms in total. The van der Waals surface area contributed by atoms with Crippen LogP contribution in [0, 0.1) is 0 Å². The van der Waals surface area contributed by atoms with Gasteiger partial charge < -0.3 is 9.29 Å². The number of fused-ring (bicyclic) bond motifs is 1. The van der Waals surface area contributed by atoms with E-state index in [0.717, 1.165) is 23.6 Å². The molecule has 7 heteroatoms. The van der Waals surface area contributed by atoms with E-state index >= 15 is 0 Å². The monoisotopic (exact) mass is 380 g/mol. The van der Waals surface area contributed by atoms with Crippen molar-refractivity contribution in [3.8, 4) is 5.75 Å². The third kappa shape index (κ3) is 5.23. The second-order valence-electron chi connectivity index (χ2n) is 4.34. The zero-order valence-electron chi connectivity index (χ0n) is 11.7. The first-order chi connectivity index (χ1) is 9.52. The Morgan fingerprint density at radius 2 is 1.86 bits per heavy atom. The second kappa shape index (κ2) is 8.50. The molecule has 0 heterocycles. The molecule has 0 spiro atoms. The van der Waals surface area contributed by atoms with E-state index in [-0.39, 0.29) is 34.5 Å². The van der Waals surface area contributed by atoms with Crippen molar-refractivity contribution in [1.29, 1.82) is 0 Å². The summed E-state index contributed by atoms with van der Waals surface area (Å²) in [4.78, 5) is -0.258. The SMILES string of the molecule is O=S(=O)([O-])c1cc(OCCCCBr)c2ccccc2c1.[Na+]. The van der Waals surface area contributed by atoms with Crippen molar-refractivity contribution in [2.24, 2.45) is 0 Å². The van der Waals surface area contributed by atoms with Crippen LogP contribution in [-0.2, 0) is 10.1 Å². The van der Waals surface area contributed by atoms with Crippen LogP contribution in [0.5, 0.6) is 5.75 Å². The van der Waals surface area contributed by atoms with Crippen LogP contribution in [0.3, 0.4) is 0 Å². The van der Waals surface area contributed by atoms with Crippen molar-refractivity contribution in [2.45, 2.75) is 17.7 Å². The summed E-state index contributed by atoms with van der Waals surface area (Å²) in [5.74, 6) is 0.437. The molecule has 0 saturated carbocycles. The van der Waals surface area contributed by atoms with Gasteiger partial charge in [-0.3, -0.25) is 0 Å². The smallest absolute Gasteiger partial charge is 0.744 e. The minimum absolute atomic E-state index is 0. The van der Waals surface area contributed by atoms with Gasteiger partial charge in [-0.25, -0.2) is 8.42 Å². The van der Waals surface area contributed by atoms with Gasteiger partial charge in [0.05, 0.1) is 11.5 Å². The van der Waals surface area contributed by atoms with Crippen LogP contribution in [0.1, 0.15) is 12.8 Å². The average molecular weight is 381 g/mol. The van der Waals surface area contributed by atoms with Gasteiger partial charge in [-0.2, -0.15) is 0 Å². The predicted molar refractivity (Wildman–Crippen MR) is 80.4 cm³/mol. The minimum Gasteiger partial charge on any atom is -0.744 e. The van der Waals surface area contributed by atoms with Crippen LogP contribution < -0.4 is 34.3 Å². The summed E-state index contributed by atoms with van der Waals surface area (Å²) in [5, 5.41) is 2.38. The molecule has 0 aromatic heterocycles. The molecule has 0 aliphatic carbocycles. The first-order valence-electron chi connectivity index (χ1n) is 6.20. The summed E-state index contributed by atoms with van der Waals surface area (Å²) in [6.07, 6.45) is 1.82. The maximum absolute atomic E-state index is 11.2. The van der Waals surface area contributed by atoms with Gasteiger partial charge in [-0.1, -0.05) is 40.2 Å². The fourth-order valence-corrected chi connectivity index (χ4v) is 2.81. The van der Waals surface area contributed by atoms with Crippen LogP contribution in [0.4, 0.5) is 0 Å². The predicted octanol–water partition coefficient (Wildman–Crippen LogP) is 0.302. The summed E-state index contributed by atoms with van der Waals surface area (Å²) in [5.41, 5.74) is 0. The molecule has 0 unspecified atom stereocenters. The van der Waals surface area contributed by atoms with E-state index < -0.39 is 10.1 Å². The van der Waals surface area contributed by atoms with Gasteiger partial charge in [0.1, 0.15) is 15.9 Å². The van der Waals surface area contributed by atoms with Gasteiger partial charge in [0, 0.05) is 10.7 Å². The van der Waals surface area contributed by atoms with Crippen LogP contribution in [0.25, 0.3) is 10.8 Å². The zero-order chi connectivity index (χ0) is 14.6. The summed E-state index contributed by atoms with van der Waals surface area (Å²) in [6, 6.07) is 9.92. The van der Waals surface area contributed by atoms with E-state index in [1.165, 1.54) is 12.1 Å². The van der Waals surface area contributed by atoms with Crippen LogP contribution in [-0.4, -0.2) is 24.9 Å². The van der Waals surface area contributed by atoms with E-state index in [1.807, 2.05) is 12.1 Å². The molecule has 0 N–H and O–H groups in total. The van der Waals surface area contributed by atoms with Gasteiger partial charge >= 0.3 is 29.6 Å². The molecule has 0 atom stereocenters. The van der Waals surface area contributed by atoms with Crippen molar-refractivity contribution < 1.29 is 47.3 Å². The normalized spacial score (nSPS) is 11.1. The fourth-order valence-electron chi connectivity index (χ4n) is 1.89. The quantitative estimate of drug-likeness (QED) is 0.313. The molecule has 0 bridgehead atoms. The molecule has 0 fully saturated rings. The third-order valence-corrected chi connectivity index (χ3v) is 4.25. The first-order valence-corrected chi connectivity index (χ1v) is 8.73. The summed E-state index contributed by atoms with van der Waals surface area (Å²) >= 11 is 3.34. The van der Waals surface area contributed by atoms with Crippen molar-refractivity contribution >= 4 is 36.8 Å². The molecule has 2 aromatic carbocycles. The van der Waals surface area contributed by atoms with E-state index in [1.54, 1.807) is 12.1 Å². The molecule has 2 aromatic rings. The number of hydrogen-bond acceptors (Lipinski definition) is 4. The molecule has 0 aliphatic heterocycles. The van der Waals surface area contributed by atoms with Gasteiger partial charge in [0.15, 0.2) is 0 Å². The number of ether oxygens (including phenoxy) is 1. The number of alkyl halides is 1. The Bertz CT molecular complexity index is 703. The number of rotatable bonds is 6. The molecule has 0 aliphatic rings. The van der Waals surface area contributed by atoms with E-state index in [9.17, 15) is 13.0 Å². The number of halogens is 1. The topological polar surface area (TPSA) is 66.4 Å². The van der Waals surface area contributed by atoms with Crippen molar-refractivity contribution in [2.75, 3.05) is 11.9 Å². The largest absolute Gasteiger partial charge is 1.00 e. The Morgan fingerprint density at radius 1 is 1.14 bits per heavy atom. The maximum atomic E-state index is 11.2. The average Bonchev–Trinajstić information content (AvgIpc) is 2.42. The number of benzene rings is 2. The van der Waals surface area contributed by atoms with E-state index in [0.29, 0.717) is 17.7 Å².